The number of aromatic nitrogens is 3. The van der Waals surface area contributed by atoms with Gasteiger partial charge in [-0.25, -0.2) is 4.68 Å². The van der Waals surface area contributed by atoms with E-state index in [-0.39, 0.29) is 18.4 Å². The Labute approximate surface area is 111 Å². The molecule has 2 rings (SSSR count). The lowest BCUT2D eigenvalue weighted by atomic mass is 9.82. The summed E-state index contributed by atoms with van der Waals surface area (Å²) in [6, 6.07) is 0. The minimum absolute atomic E-state index is 0.0918. The van der Waals surface area contributed by atoms with E-state index >= 15 is 0 Å². The van der Waals surface area contributed by atoms with Gasteiger partial charge in [-0.1, -0.05) is 5.21 Å². The van der Waals surface area contributed by atoms with E-state index in [0.29, 0.717) is 25.3 Å². The topological polar surface area (TPSA) is 97.1 Å². The van der Waals surface area contributed by atoms with Crippen LogP contribution in [0.1, 0.15) is 25.7 Å². The number of carbonyl (C=O) groups is 2. The van der Waals surface area contributed by atoms with Gasteiger partial charge in [-0.2, -0.15) is 0 Å². The van der Waals surface area contributed by atoms with Crippen molar-refractivity contribution in [3.05, 3.63) is 12.4 Å². The van der Waals surface area contributed by atoms with E-state index in [1.54, 1.807) is 6.20 Å². The maximum absolute atomic E-state index is 11.6. The smallest absolute Gasteiger partial charge is 0.306 e. The predicted molar refractivity (Wildman–Crippen MR) is 66.1 cm³/mol. The molecule has 19 heavy (non-hydrogen) atoms. The summed E-state index contributed by atoms with van der Waals surface area (Å²) in [5.74, 6) is -0.614. The van der Waals surface area contributed by atoms with Gasteiger partial charge in [0, 0.05) is 12.7 Å². The standard InChI is InChI=1S/C12H18N4O3/c17-11(8-16-6-5-14-15-16)13-7-9-1-3-10(4-2-9)12(18)19/h5-6,9-10H,1-4,7-8H2,(H,13,17)(H,18,19). The normalized spacial score (nSPS) is 22.9. The molecular weight excluding hydrogens is 248 g/mol. The number of carboxylic acid groups (broad SMARTS) is 1. The maximum Gasteiger partial charge on any atom is 0.306 e. The SMILES string of the molecule is O=C(Cn1ccnn1)NCC1CCC(C(=O)O)CC1. The van der Waals surface area contributed by atoms with Crippen molar-refractivity contribution in [2.75, 3.05) is 6.54 Å². The van der Waals surface area contributed by atoms with Crippen LogP contribution in [0.25, 0.3) is 0 Å². The molecule has 0 aliphatic heterocycles. The second-order valence-electron chi connectivity index (χ2n) is 4.96. The number of amides is 1. The highest BCUT2D eigenvalue weighted by atomic mass is 16.4. The van der Waals surface area contributed by atoms with Gasteiger partial charge < -0.3 is 10.4 Å². The van der Waals surface area contributed by atoms with Gasteiger partial charge in [0.15, 0.2) is 0 Å². The first kappa shape index (κ1) is 13.5. The van der Waals surface area contributed by atoms with Crippen LogP contribution in [0.3, 0.4) is 0 Å². The molecule has 0 saturated heterocycles. The number of carboxylic acids is 1. The summed E-state index contributed by atoms with van der Waals surface area (Å²) in [7, 11) is 0. The lowest BCUT2D eigenvalue weighted by molar-refractivity contribution is -0.143. The Kier molecular flexibility index (Phi) is 4.48. The molecule has 2 N–H and O–H groups in total. The largest absolute Gasteiger partial charge is 0.481 e. The number of hydrogen-bond donors (Lipinski definition) is 2. The molecule has 1 aliphatic rings. The first-order valence-corrected chi connectivity index (χ1v) is 6.48. The van der Waals surface area contributed by atoms with Crippen LogP contribution in [-0.4, -0.2) is 38.5 Å². The van der Waals surface area contributed by atoms with Crippen molar-refractivity contribution in [1.82, 2.24) is 20.3 Å². The first-order valence-electron chi connectivity index (χ1n) is 6.48. The fraction of sp³-hybridized carbons (Fsp3) is 0.667. The lowest BCUT2D eigenvalue weighted by Gasteiger charge is -2.26. The van der Waals surface area contributed by atoms with E-state index in [0.717, 1.165) is 12.8 Å². The third-order valence-electron chi connectivity index (χ3n) is 3.56. The molecule has 1 amide bonds. The van der Waals surface area contributed by atoms with Crippen molar-refractivity contribution in [3.63, 3.8) is 0 Å². The van der Waals surface area contributed by atoms with E-state index in [9.17, 15) is 9.59 Å². The summed E-state index contributed by atoms with van der Waals surface area (Å²) in [6.07, 6.45) is 6.30. The Morgan fingerprint density at radius 1 is 1.32 bits per heavy atom. The van der Waals surface area contributed by atoms with Gasteiger partial charge in [0.2, 0.25) is 5.91 Å². The van der Waals surface area contributed by atoms with Crippen LogP contribution in [0.4, 0.5) is 0 Å². The van der Waals surface area contributed by atoms with Crippen molar-refractivity contribution in [2.24, 2.45) is 11.8 Å². The Bertz CT molecular complexity index is 424. The van der Waals surface area contributed by atoms with E-state index < -0.39 is 5.97 Å². The summed E-state index contributed by atoms with van der Waals surface area (Å²) in [6.45, 7) is 0.782. The average Bonchev–Trinajstić information content (AvgIpc) is 2.89. The summed E-state index contributed by atoms with van der Waals surface area (Å²) in [4.78, 5) is 22.5. The minimum atomic E-state index is -0.700. The van der Waals surface area contributed by atoms with Crippen LogP contribution in [0.15, 0.2) is 12.4 Å². The van der Waals surface area contributed by atoms with Crippen LogP contribution >= 0.6 is 0 Å². The highest BCUT2D eigenvalue weighted by Gasteiger charge is 2.25. The Morgan fingerprint density at radius 2 is 2.05 bits per heavy atom. The summed E-state index contributed by atoms with van der Waals surface area (Å²) >= 11 is 0. The quantitative estimate of drug-likeness (QED) is 0.798. The van der Waals surface area contributed by atoms with E-state index in [1.807, 2.05) is 0 Å². The summed E-state index contributed by atoms with van der Waals surface area (Å²) in [5.41, 5.74) is 0. The van der Waals surface area contributed by atoms with E-state index in [4.69, 9.17) is 5.11 Å². The maximum atomic E-state index is 11.6. The van der Waals surface area contributed by atoms with Crippen LogP contribution < -0.4 is 5.32 Å². The predicted octanol–water partition coefficient (Wildman–Crippen LogP) is 0.285. The molecule has 1 aromatic heterocycles. The van der Waals surface area contributed by atoms with Crippen LogP contribution in [0, 0.1) is 11.8 Å². The summed E-state index contributed by atoms with van der Waals surface area (Å²) in [5, 5.41) is 19.1. The van der Waals surface area contributed by atoms with Gasteiger partial charge in [0.05, 0.1) is 12.1 Å². The second kappa shape index (κ2) is 6.31. The molecule has 0 bridgehead atoms. The zero-order chi connectivity index (χ0) is 13.7. The number of carbonyl (C=O) groups excluding carboxylic acids is 1. The van der Waals surface area contributed by atoms with Gasteiger partial charge in [-0.15, -0.1) is 5.10 Å². The van der Waals surface area contributed by atoms with Crippen molar-refractivity contribution < 1.29 is 14.7 Å². The zero-order valence-corrected chi connectivity index (χ0v) is 10.7. The Balaban J connectivity index is 1.66. The number of nitrogens with zero attached hydrogens (tertiary/aromatic N) is 3. The molecule has 0 radical (unpaired) electrons. The fourth-order valence-electron chi connectivity index (χ4n) is 2.39. The van der Waals surface area contributed by atoms with Gasteiger partial charge in [-0.3, -0.25) is 9.59 Å². The average molecular weight is 266 g/mol. The number of aliphatic carboxylic acids is 1. The van der Waals surface area contributed by atoms with Gasteiger partial charge in [0.1, 0.15) is 6.54 Å². The third kappa shape index (κ3) is 4.04. The van der Waals surface area contributed by atoms with Crippen molar-refractivity contribution in [3.8, 4) is 0 Å². The molecule has 7 nitrogen and oxygen atoms in total. The molecular formula is C12H18N4O3. The van der Waals surface area contributed by atoms with Crippen molar-refractivity contribution >= 4 is 11.9 Å². The zero-order valence-electron chi connectivity index (χ0n) is 10.7. The fourth-order valence-corrected chi connectivity index (χ4v) is 2.39. The molecule has 0 unspecified atom stereocenters. The molecule has 1 aliphatic carbocycles. The van der Waals surface area contributed by atoms with Crippen LogP contribution in [0.5, 0.6) is 0 Å². The Hall–Kier alpha value is -1.92. The molecule has 7 heteroatoms. The first-order chi connectivity index (χ1) is 9.15. The van der Waals surface area contributed by atoms with Gasteiger partial charge in [-0.05, 0) is 31.6 Å². The highest BCUT2D eigenvalue weighted by molar-refractivity contribution is 5.75. The number of rotatable bonds is 5. The molecule has 0 spiro atoms. The molecule has 1 fully saturated rings. The monoisotopic (exact) mass is 266 g/mol. The molecule has 104 valence electrons. The van der Waals surface area contributed by atoms with Crippen molar-refractivity contribution in [1.29, 1.82) is 0 Å². The van der Waals surface area contributed by atoms with Gasteiger partial charge in [0.25, 0.3) is 0 Å². The molecule has 0 aromatic carbocycles. The van der Waals surface area contributed by atoms with E-state index in [2.05, 4.69) is 15.6 Å². The van der Waals surface area contributed by atoms with Crippen LogP contribution in [-0.2, 0) is 16.1 Å². The van der Waals surface area contributed by atoms with Gasteiger partial charge >= 0.3 is 5.97 Å². The summed E-state index contributed by atoms with van der Waals surface area (Å²) < 4.78 is 1.47. The lowest BCUT2D eigenvalue weighted by Crippen LogP contribution is -2.34. The Morgan fingerprint density at radius 3 is 2.63 bits per heavy atom. The van der Waals surface area contributed by atoms with Crippen LogP contribution in [0.2, 0.25) is 0 Å². The molecule has 1 heterocycles. The number of nitrogens with one attached hydrogen (secondary N) is 1. The van der Waals surface area contributed by atoms with E-state index in [1.165, 1.54) is 10.9 Å². The molecule has 1 saturated carbocycles. The second-order valence-corrected chi connectivity index (χ2v) is 4.96. The highest BCUT2D eigenvalue weighted by Crippen LogP contribution is 2.28. The molecule has 1 aromatic rings. The van der Waals surface area contributed by atoms with Crippen molar-refractivity contribution in [2.45, 2.75) is 32.2 Å². The minimum Gasteiger partial charge on any atom is -0.481 e. The number of hydrogen-bond acceptors (Lipinski definition) is 4. The molecule has 0 atom stereocenters. The third-order valence-corrected chi connectivity index (χ3v) is 3.56.